The minimum Gasteiger partial charge on any atom is -0.358 e. The highest BCUT2D eigenvalue weighted by Crippen LogP contribution is 2.33. The molecule has 1 aliphatic heterocycles. The average Bonchev–Trinajstić information content (AvgIpc) is 3.07. The Morgan fingerprint density at radius 2 is 2.03 bits per heavy atom. The number of anilines is 1. The monoisotopic (exact) mass is 451 g/mol. The summed E-state index contributed by atoms with van der Waals surface area (Å²) in [5.41, 5.74) is 5.63. The first kappa shape index (κ1) is 22.4. The van der Waals surface area contributed by atoms with Crippen LogP contribution < -0.4 is 16.4 Å². The number of quaternary nitrogens is 1. The Kier molecular flexibility index (Phi) is 6.04. The summed E-state index contributed by atoms with van der Waals surface area (Å²) in [5.74, 6) is -0.00618. The van der Waals surface area contributed by atoms with Crippen LogP contribution in [0.25, 0.3) is 10.9 Å². The topological polar surface area (TPSA) is 118 Å². The third-order valence-corrected chi connectivity index (χ3v) is 6.26. The number of carbonyl (C=O) groups excluding carboxylic acids is 2. The molecule has 0 bridgehead atoms. The van der Waals surface area contributed by atoms with Gasteiger partial charge >= 0.3 is 12.1 Å². The molecule has 1 aliphatic carbocycles. The van der Waals surface area contributed by atoms with E-state index in [0.29, 0.717) is 31.3 Å². The summed E-state index contributed by atoms with van der Waals surface area (Å²) in [6.45, 7) is 1.98. The molecule has 8 nitrogen and oxygen atoms in total. The van der Waals surface area contributed by atoms with Crippen LogP contribution in [-0.4, -0.2) is 57.4 Å². The van der Waals surface area contributed by atoms with Gasteiger partial charge in [-0.15, -0.1) is 0 Å². The van der Waals surface area contributed by atoms with Crippen molar-refractivity contribution in [3.8, 4) is 0 Å². The van der Waals surface area contributed by atoms with Crippen molar-refractivity contribution in [2.45, 2.75) is 63.0 Å². The number of hydrogen-bond donors (Lipinski definition) is 3. The zero-order valence-electron chi connectivity index (χ0n) is 17.6. The van der Waals surface area contributed by atoms with Crippen molar-refractivity contribution in [1.82, 2.24) is 14.9 Å². The van der Waals surface area contributed by atoms with Crippen LogP contribution in [-0.2, 0) is 15.8 Å². The summed E-state index contributed by atoms with van der Waals surface area (Å²) >= 11 is 0. The van der Waals surface area contributed by atoms with Crippen LogP contribution in [0.3, 0.4) is 0 Å². The first-order chi connectivity index (χ1) is 15.1. The number of aromatic nitrogens is 2. The van der Waals surface area contributed by atoms with Gasteiger partial charge in [0, 0.05) is 24.4 Å². The Labute approximate surface area is 182 Å². The van der Waals surface area contributed by atoms with E-state index in [-0.39, 0.29) is 41.1 Å². The van der Waals surface area contributed by atoms with Crippen molar-refractivity contribution in [3.05, 3.63) is 30.1 Å². The highest BCUT2D eigenvalue weighted by Gasteiger charge is 2.43. The second-order valence-electron chi connectivity index (χ2n) is 8.55. The fourth-order valence-corrected chi connectivity index (χ4v) is 4.77. The van der Waals surface area contributed by atoms with Gasteiger partial charge in [-0.05, 0) is 37.5 Å². The van der Waals surface area contributed by atoms with Gasteiger partial charge in [-0.3, -0.25) is 10.1 Å². The van der Waals surface area contributed by atoms with Crippen molar-refractivity contribution in [2.75, 3.05) is 11.9 Å². The molecule has 1 aromatic carbocycles. The van der Waals surface area contributed by atoms with E-state index < -0.39 is 17.8 Å². The van der Waals surface area contributed by atoms with Gasteiger partial charge in [0.1, 0.15) is 24.2 Å². The molecule has 4 atom stereocenters. The minimum absolute atomic E-state index is 0.00584. The van der Waals surface area contributed by atoms with Gasteiger partial charge in [0.15, 0.2) is 0 Å². The lowest BCUT2D eigenvalue weighted by molar-refractivity contribution is -0.613. The standard InChI is InChI=1S/C21H25F3N6O2/c1-11(31)28-17-9-13(25)3-5-18(17)30-7-6-16(20(30)32)29-19-14-8-12(21(22,23)24)2-4-15(14)26-10-27-19/h2,4,8,10,13,16-18H,3,5-7,9,25H2,1H3,(H,28,31)(H,26,27,29)/p+1/t13?,16?,17?,18-/m0/s1. The molecule has 2 aromatic rings. The first-order valence-electron chi connectivity index (χ1n) is 10.6. The lowest BCUT2D eigenvalue weighted by atomic mass is 9.86. The van der Waals surface area contributed by atoms with Crippen LogP contribution in [0.2, 0.25) is 0 Å². The fourth-order valence-electron chi connectivity index (χ4n) is 4.77. The van der Waals surface area contributed by atoms with Gasteiger partial charge in [0.05, 0.1) is 24.0 Å². The molecule has 2 aliphatic rings. The summed E-state index contributed by atoms with van der Waals surface area (Å²) in [7, 11) is 0. The normalized spacial score (nSPS) is 26.5. The van der Waals surface area contributed by atoms with Gasteiger partial charge in [-0.25, -0.2) is 14.8 Å². The number of nitrogens with two attached hydrogens (primary N) is 2. The molecule has 5 N–H and O–H groups in total. The second kappa shape index (κ2) is 8.62. The van der Waals surface area contributed by atoms with Gasteiger partial charge in [0.25, 0.3) is 0 Å². The number of benzene rings is 1. The summed E-state index contributed by atoms with van der Waals surface area (Å²) in [6, 6.07) is 2.42. The quantitative estimate of drug-likeness (QED) is 0.639. The SMILES string of the molecule is CC(=O)[NH2+]C1CC(N)CC[C@@H]1N1CCC(Nc2ncnc3ccc(C(F)(F)F)cc23)C1=O. The van der Waals surface area contributed by atoms with E-state index in [9.17, 15) is 22.8 Å². The van der Waals surface area contributed by atoms with Crippen LogP contribution in [0.15, 0.2) is 24.5 Å². The number of halogens is 3. The van der Waals surface area contributed by atoms with Crippen LogP contribution in [0, 0.1) is 0 Å². The number of amides is 2. The zero-order valence-corrected chi connectivity index (χ0v) is 17.6. The zero-order chi connectivity index (χ0) is 23.0. The Hall–Kier alpha value is -2.79. The van der Waals surface area contributed by atoms with Crippen molar-refractivity contribution >= 4 is 28.5 Å². The van der Waals surface area contributed by atoms with Crippen molar-refractivity contribution in [2.24, 2.45) is 5.73 Å². The molecule has 1 saturated carbocycles. The molecule has 3 unspecified atom stereocenters. The number of alkyl halides is 3. The maximum atomic E-state index is 13.2. The molecule has 2 fully saturated rings. The van der Waals surface area contributed by atoms with E-state index in [1.807, 2.05) is 0 Å². The van der Waals surface area contributed by atoms with E-state index in [1.165, 1.54) is 19.3 Å². The van der Waals surface area contributed by atoms with Gasteiger partial charge in [0.2, 0.25) is 5.91 Å². The molecule has 2 amide bonds. The number of rotatable bonds is 4. The Morgan fingerprint density at radius 3 is 2.75 bits per heavy atom. The number of primary amides is 1. The van der Waals surface area contributed by atoms with Crippen molar-refractivity contribution in [3.63, 3.8) is 0 Å². The molecular formula is C21H26F3N6O2+. The summed E-state index contributed by atoms with van der Waals surface area (Å²) in [4.78, 5) is 34.8. The number of nitrogens with zero attached hydrogens (tertiary/aromatic N) is 3. The smallest absolute Gasteiger partial charge is 0.358 e. The number of likely N-dealkylation sites (tertiary alicyclic amines) is 1. The van der Waals surface area contributed by atoms with Crippen LogP contribution in [0.4, 0.5) is 19.0 Å². The number of hydrogen-bond acceptors (Lipinski definition) is 6. The molecule has 4 rings (SSSR count). The maximum Gasteiger partial charge on any atom is 0.416 e. The Balaban J connectivity index is 1.55. The third-order valence-electron chi connectivity index (χ3n) is 6.26. The first-order valence-corrected chi connectivity index (χ1v) is 10.6. The Morgan fingerprint density at radius 1 is 1.25 bits per heavy atom. The van der Waals surface area contributed by atoms with E-state index in [4.69, 9.17) is 5.73 Å². The molecule has 1 aromatic heterocycles. The third kappa shape index (κ3) is 4.53. The predicted molar refractivity (Wildman–Crippen MR) is 110 cm³/mol. The summed E-state index contributed by atoms with van der Waals surface area (Å²) in [6.07, 6.45) is -0.632. The molecule has 32 heavy (non-hydrogen) atoms. The summed E-state index contributed by atoms with van der Waals surface area (Å²) < 4.78 is 39.5. The largest absolute Gasteiger partial charge is 0.416 e. The predicted octanol–water partition coefficient (Wildman–Crippen LogP) is 1.02. The number of nitrogens with one attached hydrogen (secondary N) is 1. The molecular weight excluding hydrogens is 425 g/mol. The Bertz CT molecular complexity index is 1030. The van der Waals surface area contributed by atoms with E-state index in [0.717, 1.165) is 18.6 Å². The van der Waals surface area contributed by atoms with E-state index in [2.05, 4.69) is 15.3 Å². The lowest BCUT2D eigenvalue weighted by Gasteiger charge is -2.37. The van der Waals surface area contributed by atoms with Gasteiger partial charge in [-0.1, -0.05) is 0 Å². The lowest BCUT2D eigenvalue weighted by Crippen LogP contribution is -2.96. The van der Waals surface area contributed by atoms with Crippen LogP contribution in [0.1, 0.15) is 38.2 Å². The maximum absolute atomic E-state index is 13.2. The molecule has 1 saturated heterocycles. The number of fused-ring (bicyclic) bond motifs is 1. The van der Waals surface area contributed by atoms with Crippen LogP contribution >= 0.6 is 0 Å². The molecule has 2 heterocycles. The average molecular weight is 451 g/mol. The number of carbonyl (C=O) groups is 2. The highest BCUT2D eigenvalue weighted by atomic mass is 19.4. The molecule has 172 valence electrons. The highest BCUT2D eigenvalue weighted by molar-refractivity contribution is 5.93. The minimum atomic E-state index is -4.49. The van der Waals surface area contributed by atoms with Gasteiger partial charge in [-0.2, -0.15) is 13.2 Å². The van der Waals surface area contributed by atoms with Crippen molar-refractivity contribution in [1.29, 1.82) is 0 Å². The van der Waals surface area contributed by atoms with E-state index >= 15 is 0 Å². The fraction of sp³-hybridized carbons (Fsp3) is 0.524. The molecule has 11 heteroatoms. The summed E-state index contributed by atoms with van der Waals surface area (Å²) in [5, 5.41) is 4.89. The van der Waals surface area contributed by atoms with E-state index in [1.54, 1.807) is 10.2 Å². The van der Waals surface area contributed by atoms with Crippen molar-refractivity contribution < 1.29 is 28.1 Å². The molecule has 0 spiro atoms. The second-order valence-corrected chi connectivity index (χ2v) is 8.55. The van der Waals surface area contributed by atoms with Crippen LogP contribution in [0.5, 0.6) is 0 Å². The molecule has 0 radical (unpaired) electrons. The van der Waals surface area contributed by atoms with Gasteiger partial charge < -0.3 is 16.0 Å².